The van der Waals surface area contributed by atoms with Crippen molar-refractivity contribution in [2.75, 3.05) is 18.8 Å². The molecule has 0 saturated carbocycles. The summed E-state index contributed by atoms with van der Waals surface area (Å²) in [7, 11) is -3.72. The number of halogens is 1. The van der Waals surface area contributed by atoms with Crippen LogP contribution in [0.3, 0.4) is 0 Å². The van der Waals surface area contributed by atoms with Gasteiger partial charge in [0.25, 0.3) is 0 Å². The molecule has 0 heterocycles. The second-order valence-corrected chi connectivity index (χ2v) is 7.86. The first-order valence-corrected chi connectivity index (χ1v) is 10.2. The number of aliphatic imine (C=N–C) groups is 1. The number of nitrogens with one attached hydrogen (secondary N) is 2. The van der Waals surface area contributed by atoms with Gasteiger partial charge in [-0.25, -0.2) is 12.8 Å². The molecule has 2 rings (SSSR count). The zero-order valence-corrected chi connectivity index (χ0v) is 15.8. The molecule has 0 aliphatic heterocycles. The summed E-state index contributed by atoms with van der Waals surface area (Å²) < 4.78 is 38.3. The van der Waals surface area contributed by atoms with E-state index in [1.165, 1.54) is 18.2 Å². The lowest BCUT2D eigenvalue weighted by Gasteiger charge is -2.18. The summed E-state index contributed by atoms with van der Waals surface area (Å²) in [5, 5.41) is 6.33. The van der Waals surface area contributed by atoms with Gasteiger partial charge in [0, 0.05) is 6.54 Å². The van der Waals surface area contributed by atoms with Crippen molar-refractivity contribution in [3.05, 3.63) is 66.0 Å². The number of benzene rings is 2. The zero-order valence-electron chi connectivity index (χ0n) is 14.9. The quantitative estimate of drug-likeness (QED) is 0.575. The van der Waals surface area contributed by atoms with Crippen molar-refractivity contribution in [3.63, 3.8) is 0 Å². The van der Waals surface area contributed by atoms with Crippen LogP contribution in [-0.4, -0.2) is 33.2 Å². The maximum absolute atomic E-state index is 13.7. The molecule has 0 aliphatic rings. The molecule has 0 spiro atoms. The Bertz CT molecular complexity index is 839. The van der Waals surface area contributed by atoms with E-state index in [1.807, 2.05) is 44.2 Å². The minimum Gasteiger partial charge on any atom is -0.357 e. The van der Waals surface area contributed by atoms with E-state index in [1.54, 1.807) is 0 Å². The highest BCUT2D eigenvalue weighted by atomic mass is 32.2. The van der Waals surface area contributed by atoms with Crippen LogP contribution in [0.5, 0.6) is 0 Å². The summed E-state index contributed by atoms with van der Waals surface area (Å²) >= 11 is 0. The smallest absolute Gasteiger partial charge is 0.191 e. The van der Waals surface area contributed by atoms with E-state index in [2.05, 4.69) is 15.6 Å². The van der Waals surface area contributed by atoms with Gasteiger partial charge < -0.3 is 10.6 Å². The largest absolute Gasteiger partial charge is 0.357 e. The summed E-state index contributed by atoms with van der Waals surface area (Å²) in [5.74, 6) is -0.476. The van der Waals surface area contributed by atoms with Gasteiger partial charge in [-0.1, -0.05) is 42.5 Å². The molecule has 2 aromatic rings. The first-order chi connectivity index (χ1) is 12.4. The Morgan fingerprint density at radius 1 is 1.12 bits per heavy atom. The van der Waals surface area contributed by atoms with Crippen LogP contribution in [0.4, 0.5) is 4.39 Å². The van der Waals surface area contributed by atoms with E-state index < -0.39 is 15.7 Å². The molecular formula is C19H24FN3O2S. The normalized spacial score (nSPS) is 13.3. The van der Waals surface area contributed by atoms with Crippen LogP contribution in [-0.2, 0) is 9.84 Å². The van der Waals surface area contributed by atoms with Crippen LogP contribution in [0.15, 0.2) is 64.5 Å². The van der Waals surface area contributed by atoms with Gasteiger partial charge in [-0.15, -0.1) is 0 Å². The van der Waals surface area contributed by atoms with Gasteiger partial charge in [0.2, 0.25) is 0 Å². The van der Waals surface area contributed by atoms with Crippen molar-refractivity contribution in [2.24, 2.45) is 4.99 Å². The zero-order chi connectivity index (χ0) is 19.0. The highest BCUT2D eigenvalue weighted by molar-refractivity contribution is 7.91. The highest BCUT2D eigenvalue weighted by Gasteiger charge is 2.18. The Balaban J connectivity index is 2.04. The molecule has 0 radical (unpaired) electrons. The summed E-state index contributed by atoms with van der Waals surface area (Å²) in [4.78, 5) is 4.03. The van der Waals surface area contributed by atoms with Crippen molar-refractivity contribution in [1.82, 2.24) is 10.6 Å². The van der Waals surface area contributed by atoms with Crippen molar-refractivity contribution in [1.29, 1.82) is 0 Å². The molecule has 0 aromatic heterocycles. The molecule has 5 nitrogen and oxygen atoms in total. The lowest BCUT2D eigenvalue weighted by Crippen LogP contribution is -2.39. The van der Waals surface area contributed by atoms with E-state index in [0.717, 1.165) is 11.6 Å². The third-order valence-electron chi connectivity index (χ3n) is 3.80. The lowest BCUT2D eigenvalue weighted by atomic mass is 10.1. The fourth-order valence-electron chi connectivity index (χ4n) is 2.43. The van der Waals surface area contributed by atoms with Crippen LogP contribution in [0.1, 0.15) is 25.5 Å². The molecule has 1 atom stereocenters. The number of nitrogens with zero attached hydrogens (tertiary/aromatic N) is 1. The second-order valence-electron chi connectivity index (χ2n) is 5.79. The Kier molecular flexibility index (Phi) is 7.15. The molecule has 2 aromatic carbocycles. The average Bonchev–Trinajstić information content (AvgIpc) is 2.62. The third-order valence-corrected chi connectivity index (χ3v) is 5.52. The van der Waals surface area contributed by atoms with E-state index in [9.17, 15) is 12.8 Å². The molecule has 0 amide bonds. The molecule has 26 heavy (non-hydrogen) atoms. The molecule has 0 aliphatic carbocycles. The van der Waals surface area contributed by atoms with Crippen molar-refractivity contribution in [2.45, 2.75) is 24.8 Å². The number of guanidine groups is 1. The van der Waals surface area contributed by atoms with E-state index in [-0.39, 0.29) is 23.2 Å². The van der Waals surface area contributed by atoms with Gasteiger partial charge in [-0.05, 0) is 31.5 Å². The van der Waals surface area contributed by atoms with Crippen molar-refractivity contribution >= 4 is 15.8 Å². The molecule has 0 saturated heterocycles. The number of hydrogen-bond donors (Lipinski definition) is 2. The van der Waals surface area contributed by atoms with Gasteiger partial charge in [0.15, 0.2) is 15.8 Å². The second kappa shape index (κ2) is 9.33. The Morgan fingerprint density at radius 3 is 2.42 bits per heavy atom. The van der Waals surface area contributed by atoms with E-state index >= 15 is 0 Å². The summed E-state index contributed by atoms with van der Waals surface area (Å²) in [6, 6.07) is 15.3. The Hall–Kier alpha value is -2.41. The van der Waals surface area contributed by atoms with Crippen LogP contribution in [0.25, 0.3) is 0 Å². The fraction of sp³-hybridized carbons (Fsp3) is 0.316. The van der Waals surface area contributed by atoms with Crippen LogP contribution in [0.2, 0.25) is 0 Å². The highest BCUT2D eigenvalue weighted by Crippen LogP contribution is 2.15. The summed E-state index contributed by atoms with van der Waals surface area (Å²) in [6.45, 7) is 4.61. The standard InChI is InChI=1S/C19H24FN3O2S/c1-3-21-19(23-15(2)16-9-5-4-6-10-16)22-13-14-26(24,25)18-12-8-7-11-17(18)20/h4-12,15H,3,13-14H2,1-2H3,(H2,21,22,23). The Labute approximate surface area is 154 Å². The minimum atomic E-state index is -3.72. The molecule has 140 valence electrons. The summed E-state index contributed by atoms with van der Waals surface area (Å²) in [5.41, 5.74) is 1.09. The molecule has 7 heteroatoms. The van der Waals surface area contributed by atoms with Crippen molar-refractivity contribution < 1.29 is 12.8 Å². The van der Waals surface area contributed by atoms with Crippen LogP contribution in [0, 0.1) is 5.82 Å². The lowest BCUT2D eigenvalue weighted by molar-refractivity contribution is 0.567. The topological polar surface area (TPSA) is 70.6 Å². The van der Waals surface area contributed by atoms with E-state index in [0.29, 0.717) is 12.5 Å². The maximum Gasteiger partial charge on any atom is 0.191 e. The van der Waals surface area contributed by atoms with Crippen molar-refractivity contribution in [3.8, 4) is 0 Å². The fourth-order valence-corrected chi connectivity index (χ4v) is 3.64. The summed E-state index contributed by atoms with van der Waals surface area (Å²) in [6.07, 6.45) is 0. The van der Waals surface area contributed by atoms with Gasteiger partial charge in [0.05, 0.1) is 18.3 Å². The SMILES string of the molecule is CCNC(=NCCS(=O)(=O)c1ccccc1F)NC(C)c1ccccc1. The predicted molar refractivity (Wildman–Crippen MR) is 102 cm³/mol. The molecular weight excluding hydrogens is 353 g/mol. The van der Waals surface area contributed by atoms with Gasteiger partial charge in [-0.2, -0.15) is 0 Å². The molecule has 0 fully saturated rings. The number of sulfone groups is 1. The van der Waals surface area contributed by atoms with E-state index in [4.69, 9.17) is 0 Å². The molecule has 0 bridgehead atoms. The average molecular weight is 377 g/mol. The number of rotatable bonds is 7. The first-order valence-electron chi connectivity index (χ1n) is 8.51. The number of hydrogen-bond acceptors (Lipinski definition) is 3. The molecule has 1 unspecified atom stereocenters. The van der Waals surface area contributed by atoms with Crippen LogP contribution < -0.4 is 10.6 Å². The first kappa shape index (κ1) is 19.9. The van der Waals surface area contributed by atoms with Gasteiger partial charge >= 0.3 is 0 Å². The predicted octanol–water partition coefficient (Wildman–Crippen LogP) is 2.92. The maximum atomic E-state index is 13.7. The van der Waals surface area contributed by atoms with Crippen LogP contribution >= 0.6 is 0 Å². The van der Waals surface area contributed by atoms with Gasteiger partial charge in [0.1, 0.15) is 10.7 Å². The molecule has 2 N–H and O–H groups in total. The minimum absolute atomic E-state index is 0.0113. The monoisotopic (exact) mass is 377 g/mol. The Morgan fingerprint density at radius 2 is 1.77 bits per heavy atom. The van der Waals surface area contributed by atoms with Gasteiger partial charge in [-0.3, -0.25) is 4.99 Å². The third kappa shape index (κ3) is 5.56.